The van der Waals surface area contributed by atoms with Gasteiger partial charge in [0.05, 0.1) is 0 Å². The van der Waals surface area contributed by atoms with Crippen molar-refractivity contribution in [3.8, 4) is 44.5 Å². The monoisotopic (exact) mass is 1020 g/mol. The van der Waals surface area contributed by atoms with Crippen molar-refractivity contribution < 1.29 is 17.4 Å². The van der Waals surface area contributed by atoms with Gasteiger partial charge in [0.1, 0.15) is 0 Å². The first-order chi connectivity index (χ1) is 32.7. The van der Waals surface area contributed by atoms with Crippen LogP contribution in [0.2, 0.25) is 9.26 Å². The molecule has 70 heavy (non-hydrogen) atoms. The molecule has 2 heteroatoms. The fourth-order valence-electron chi connectivity index (χ4n) is 12.2. The molecule has 0 nitrogen and oxygen atoms in total. The van der Waals surface area contributed by atoms with E-state index in [1.807, 2.05) is 0 Å². The van der Waals surface area contributed by atoms with Crippen molar-refractivity contribution >= 4 is 19.0 Å². The molecule has 2 unspecified atom stereocenters. The Labute approximate surface area is 428 Å². The number of hydrogen-bond acceptors (Lipinski definition) is 0. The van der Waals surface area contributed by atoms with Gasteiger partial charge in [0.15, 0.2) is 0 Å². The summed E-state index contributed by atoms with van der Waals surface area (Å²) in [7, 11) is 0. The molecule has 0 N–H and O–H groups in total. The first-order valence-corrected chi connectivity index (χ1v) is 40.6. The standard InChI is InChI=1S/2C33H39.2CH3.H2Si.Zr/c2*1-8-9-10-23-21-30-28(24-11-15-26(16-12-24)32(2,3)4)19-20-29(31(30)22-23)25-13-17-27(18-14-25)33(5,6)7;;;;/h2*11-22H,8-10H2,1-7H3;2*1H3;1H2;. The summed E-state index contributed by atoms with van der Waals surface area (Å²) in [6.07, 6.45) is 12.5. The molecule has 0 spiro atoms. The zero-order chi connectivity index (χ0) is 50.8. The van der Waals surface area contributed by atoms with Gasteiger partial charge in [0.2, 0.25) is 0 Å². The second kappa shape index (κ2) is 19.1. The Morgan fingerprint density at radius 3 is 0.857 bits per heavy atom. The molecule has 0 amide bonds. The molecule has 0 bridgehead atoms. The van der Waals surface area contributed by atoms with Gasteiger partial charge in [-0.2, -0.15) is 0 Å². The van der Waals surface area contributed by atoms with E-state index in [1.165, 1.54) is 104 Å². The van der Waals surface area contributed by atoms with Crippen LogP contribution in [0.4, 0.5) is 0 Å². The fraction of sp³-hybridized carbons (Fsp3) is 0.412. The summed E-state index contributed by atoms with van der Waals surface area (Å²) in [5, 5.41) is 0. The van der Waals surface area contributed by atoms with Gasteiger partial charge >= 0.3 is 432 Å². The molecule has 6 aromatic rings. The van der Waals surface area contributed by atoms with E-state index in [-0.39, 0.29) is 21.7 Å². The van der Waals surface area contributed by atoms with Crippen molar-refractivity contribution in [3.05, 3.63) is 177 Å². The molecule has 366 valence electrons. The molecule has 0 radical (unpaired) electrons. The summed E-state index contributed by atoms with van der Waals surface area (Å²) in [6, 6.07) is 48.5. The third kappa shape index (κ3) is 10.1. The first-order valence-electron chi connectivity index (χ1n) is 27.0. The molecular weight excluding hydrogens is 936 g/mol. The van der Waals surface area contributed by atoms with E-state index < -0.39 is 17.4 Å². The SMILES string of the molecule is CCCCC1=Cc2c(-c3ccc(C(C)(C)C)cc3)ccc(-c3ccc(C(C)(C)C)cc3)c2[CH]1[Zr]([CH3])([CH3])(=[SiH2])[CH]1C(CCCC)=Cc2c(-c3ccc(C(C)(C)C)cc3)ccc(-c3ccc(C(C)(C)C)cc3)c21. The molecule has 6 aromatic carbocycles. The summed E-state index contributed by atoms with van der Waals surface area (Å²) >= 11 is -4.29. The van der Waals surface area contributed by atoms with E-state index in [1.54, 1.807) is 22.3 Å². The summed E-state index contributed by atoms with van der Waals surface area (Å²) in [5.41, 5.74) is 26.4. The Morgan fingerprint density at radius 1 is 0.371 bits per heavy atom. The number of hydrogen-bond donors (Lipinski definition) is 0. The molecule has 8 rings (SSSR count). The average Bonchev–Trinajstić information content (AvgIpc) is 3.90. The van der Waals surface area contributed by atoms with E-state index in [2.05, 4.69) is 247 Å². The molecule has 0 heterocycles. The molecule has 0 fully saturated rings. The number of rotatable bonds is 12. The molecule has 2 aliphatic carbocycles. The van der Waals surface area contributed by atoms with Gasteiger partial charge < -0.3 is 0 Å². The third-order valence-corrected chi connectivity index (χ3v) is 33.7. The maximum absolute atomic E-state index is 4.29. The van der Waals surface area contributed by atoms with E-state index in [0.29, 0.717) is 7.25 Å². The van der Waals surface area contributed by atoms with E-state index in [4.69, 9.17) is 0 Å². The van der Waals surface area contributed by atoms with Crippen LogP contribution in [0, 0.1) is 0 Å². The van der Waals surface area contributed by atoms with Crippen molar-refractivity contribution in [3.63, 3.8) is 0 Å². The average molecular weight is 1020 g/mol. The van der Waals surface area contributed by atoms with Crippen LogP contribution in [0.1, 0.15) is 187 Å². The first kappa shape index (κ1) is 52.2. The van der Waals surface area contributed by atoms with Gasteiger partial charge in [-0.15, -0.1) is 0 Å². The van der Waals surface area contributed by atoms with Crippen LogP contribution in [-0.2, 0) is 39.1 Å². The van der Waals surface area contributed by atoms with Crippen LogP contribution in [0.15, 0.2) is 132 Å². The van der Waals surface area contributed by atoms with Gasteiger partial charge in [0, 0.05) is 0 Å². The molecule has 2 aliphatic rings. The van der Waals surface area contributed by atoms with Crippen molar-refractivity contribution in [2.75, 3.05) is 0 Å². The minimum absolute atomic E-state index is 0.0866. The number of benzene rings is 6. The summed E-state index contributed by atoms with van der Waals surface area (Å²) in [6.45, 7) is 35.3. The Kier molecular flexibility index (Phi) is 14.2. The molecule has 0 aliphatic heterocycles. The Balaban J connectivity index is 1.43. The second-order valence-electron chi connectivity index (χ2n) is 26.7. The van der Waals surface area contributed by atoms with Gasteiger partial charge in [-0.05, 0) is 0 Å². The molecular formula is C68H86SiZr. The second-order valence-corrected chi connectivity index (χ2v) is 57.2. The Hall–Kier alpha value is -4.10. The van der Waals surface area contributed by atoms with Gasteiger partial charge in [0.25, 0.3) is 0 Å². The quantitative estimate of drug-likeness (QED) is 0.107. The van der Waals surface area contributed by atoms with Crippen LogP contribution >= 0.6 is 0 Å². The van der Waals surface area contributed by atoms with Crippen molar-refractivity contribution in [2.24, 2.45) is 0 Å². The maximum atomic E-state index is 2.90. The van der Waals surface area contributed by atoms with Crippen LogP contribution in [0.5, 0.6) is 0 Å². The van der Waals surface area contributed by atoms with Crippen molar-refractivity contribution in [2.45, 2.75) is 174 Å². The molecule has 0 saturated carbocycles. The van der Waals surface area contributed by atoms with Crippen LogP contribution in [-0.4, -0.2) is 6.88 Å². The normalized spacial score (nSPS) is 16.5. The van der Waals surface area contributed by atoms with Crippen molar-refractivity contribution in [1.29, 1.82) is 0 Å². The molecule has 2 atom stereocenters. The topological polar surface area (TPSA) is 0 Å². The fourth-order valence-corrected chi connectivity index (χ4v) is 31.9. The van der Waals surface area contributed by atoms with Crippen LogP contribution in [0.3, 0.4) is 0 Å². The zero-order valence-electron chi connectivity index (χ0n) is 46.3. The number of fused-ring (bicyclic) bond motifs is 2. The van der Waals surface area contributed by atoms with E-state index in [9.17, 15) is 0 Å². The number of allylic oxidation sites excluding steroid dienone is 2. The summed E-state index contributed by atoms with van der Waals surface area (Å²) < 4.78 is 6.54. The predicted molar refractivity (Wildman–Crippen MR) is 310 cm³/mol. The van der Waals surface area contributed by atoms with Crippen molar-refractivity contribution in [1.82, 2.24) is 0 Å². The van der Waals surface area contributed by atoms with E-state index in [0.717, 1.165) is 12.8 Å². The van der Waals surface area contributed by atoms with Gasteiger partial charge in [-0.3, -0.25) is 0 Å². The Bertz CT molecular complexity index is 2800. The van der Waals surface area contributed by atoms with Crippen LogP contribution in [0.25, 0.3) is 56.7 Å². The number of unbranched alkanes of at least 4 members (excludes halogenated alkanes) is 2. The molecule has 0 aromatic heterocycles. The van der Waals surface area contributed by atoms with Gasteiger partial charge in [-0.25, -0.2) is 0 Å². The zero-order valence-corrected chi connectivity index (χ0v) is 50.2. The third-order valence-electron chi connectivity index (χ3n) is 16.3. The van der Waals surface area contributed by atoms with Crippen LogP contribution < -0.4 is 0 Å². The summed E-state index contributed by atoms with van der Waals surface area (Å²) in [5.74, 6) is 0. The Morgan fingerprint density at radius 2 is 0.614 bits per heavy atom. The predicted octanol–water partition coefficient (Wildman–Crippen LogP) is 19.8. The van der Waals surface area contributed by atoms with Gasteiger partial charge in [-0.1, -0.05) is 0 Å². The van der Waals surface area contributed by atoms with E-state index >= 15 is 0 Å². The minimum atomic E-state index is -4.29. The summed E-state index contributed by atoms with van der Waals surface area (Å²) in [4.78, 5) is 0. The molecule has 0 saturated heterocycles.